The first-order valence-corrected chi connectivity index (χ1v) is 3.80. The molecule has 1 aliphatic rings. The van der Waals surface area contributed by atoms with Crippen molar-refractivity contribution in [3.63, 3.8) is 0 Å². The van der Waals surface area contributed by atoms with Crippen molar-refractivity contribution in [1.82, 2.24) is 0 Å². The van der Waals surface area contributed by atoms with Crippen LogP contribution in [0.15, 0.2) is 12.2 Å². The van der Waals surface area contributed by atoms with E-state index in [1.807, 2.05) is 0 Å². The molecule has 0 spiro atoms. The molecule has 0 amide bonds. The molecule has 0 saturated carbocycles. The number of cyclic esters (lactones) is 2. The zero-order valence-corrected chi connectivity index (χ0v) is 7.31. The van der Waals surface area contributed by atoms with Gasteiger partial charge in [-0.25, -0.2) is 9.59 Å². The standard InChI is InChI=1S/C8H10O5/c1-5(2)8(11)12-6(9)3-4-7(10)13-8/h3-5,11H,1-2H3. The highest BCUT2D eigenvalue weighted by atomic mass is 16.8. The summed E-state index contributed by atoms with van der Waals surface area (Å²) in [6, 6.07) is 0. The van der Waals surface area contributed by atoms with E-state index in [2.05, 4.69) is 9.47 Å². The van der Waals surface area contributed by atoms with Crippen LogP contribution >= 0.6 is 0 Å². The Labute approximate surface area is 74.9 Å². The van der Waals surface area contributed by atoms with E-state index in [0.717, 1.165) is 12.2 Å². The first-order chi connectivity index (χ1) is 5.94. The zero-order chi connectivity index (χ0) is 10.1. The number of carbonyl (C=O) groups excluding carboxylic acids is 2. The lowest BCUT2D eigenvalue weighted by molar-refractivity contribution is -0.340. The first kappa shape index (κ1) is 9.73. The minimum atomic E-state index is -2.16. The molecule has 0 aromatic heterocycles. The molecule has 5 nitrogen and oxygen atoms in total. The van der Waals surface area contributed by atoms with Gasteiger partial charge in [0, 0.05) is 12.2 Å². The number of aliphatic hydroxyl groups is 1. The molecular formula is C8H10O5. The van der Waals surface area contributed by atoms with Crippen LogP contribution in [0.3, 0.4) is 0 Å². The Morgan fingerprint density at radius 1 is 1.23 bits per heavy atom. The van der Waals surface area contributed by atoms with E-state index in [1.165, 1.54) is 0 Å². The predicted molar refractivity (Wildman–Crippen MR) is 41.1 cm³/mol. The van der Waals surface area contributed by atoms with Crippen LogP contribution in [-0.4, -0.2) is 23.0 Å². The molecule has 0 aromatic rings. The number of hydrogen-bond donors (Lipinski definition) is 1. The largest absolute Gasteiger partial charge is 0.395 e. The van der Waals surface area contributed by atoms with Gasteiger partial charge in [-0.3, -0.25) is 0 Å². The molecule has 1 heterocycles. The molecule has 0 aromatic carbocycles. The molecule has 1 aliphatic heterocycles. The van der Waals surface area contributed by atoms with E-state index < -0.39 is 23.8 Å². The van der Waals surface area contributed by atoms with E-state index >= 15 is 0 Å². The maximum Gasteiger partial charge on any atom is 0.376 e. The lowest BCUT2D eigenvalue weighted by atomic mass is 10.2. The maximum atomic E-state index is 10.8. The molecule has 1 N–H and O–H groups in total. The van der Waals surface area contributed by atoms with Crippen molar-refractivity contribution < 1.29 is 24.2 Å². The number of hydrogen-bond acceptors (Lipinski definition) is 5. The van der Waals surface area contributed by atoms with Crippen molar-refractivity contribution in [3.05, 3.63) is 12.2 Å². The van der Waals surface area contributed by atoms with Crippen LogP contribution in [0.25, 0.3) is 0 Å². The topological polar surface area (TPSA) is 72.8 Å². The van der Waals surface area contributed by atoms with Gasteiger partial charge < -0.3 is 14.6 Å². The van der Waals surface area contributed by atoms with Gasteiger partial charge in [0.25, 0.3) is 0 Å². The van der Waals surface area contributed by atoms with E-state index in [-0.39, 0.29) is 0 Å². The average Bonchev–Trinajstić information content (AvgIpc) is 2.11. The normalized spacial score (nSPS) is 20.9. The molecule has 72 valence electrons. The van der Waals surface area contributed by atoms with Crippen molar-refractivity contribution >= 4 is 11.9 Å². The van der Waals surface area contributed by atoms with E-state index in [9.17, 15) is 14.7 Å². The van der Waals surface area contributed by atoms with Gasteiger partial charge in [-0.2, -0.15) is 0 Å². The van der Waals surface area contributed by atoms with Gasteiger partial charge in [0.2, 0.25) is 0 Å². The summed E-state index contributed by atoms with van der Waals surface area (Å²) in [4.78, 5) is 21.7. The fourth-order valence-electron chi connectivity index (χ4n) is 0.749. The number of carbonyl (C=O) groups is 2. The second kappa shape index (κ2) is 3.18. The summed E-state index contributed by atoms with van der Waals surface area (Å²) in [6.07, 6.45) is 1.81. The number of ether oxygens (including phenoxy) is 2. The summed E-state index contributed by atoms with van der Waals surface area (Å²) in [5, 5.41) is 9.54. The third-order valence-corrected chi connectivity index (χ3v) is 1.58. The quantitative estimate of drug-likeness (QED) is 0.581. The smallest absolute Gasteiger partial charge is 0.376 e. The van der Waals surface area contributed by atoms with Gasteiger partial charge >= 0.3 is 17.9 Å². The highest BCUT2D eigenvalue weighted by Gasteiger charge is 2.40. The van der Waals surface area contributed by atoms with Crippen LogP contribution < -0.4 is 0 Å². The summed E-state index contributed by atoms with van der Waals surface area (Å²) in [7, 11) is 0. The van der Waals surface area contributed by atoms with Crippen LogP contribution in [0.1, 0.15) is 13.8 Å². The Morgan fingerprint density at radius 2 is 1.62 bits per heavy atom. The molecule has 5 heteroatoms. The zero-order valence-electron chi connectivity index (χ0n) is 7.31. The van der Waals surface area contributed by atoms with E-state index in [1.54, 1.807) is 13.8 Å². The van der Waals surface area contributed by atoms with Crippen molar-refractivity contribution in [2.24, 2.45) is 5.92 Å². The summed E-state index contributed by atoms with van der Waals surface area (Å²) in [5.74, 6) is -4.29. The molecular weight excluding hydrogens is 176 g/mol. The van der Waals surface area contributed by atoms with Gasteiger partial charge in [-0.1, -0.05) is 13.8 Å². The molecule has 0 radical (unpaired) electrons. The molecule has 13 heavy (non-hydrogen) atoms. The molecule has 0 unspecified atom stereocenters. The van der Waals surface area contributed by atoms with E-state index in [0.29, 0.717) is 0 Å². The Morgan fingerprint density at radius 3 is 1.92 bits per heavy atom. The van der Waals surface area contributed by atoms with Gasteiger partial charge in [0.05, 0.1) is 5.92 Å². The second-order valence-corrected chi connectivity index (χ2v) is 2.96. The van der Waals surface area contributed by atoms with Gasteiger partial charge in [0.15, 0.2) is 0 Å². The van der Waals surface area contributed by atoms with Crippen LogP contribution in [0.4, 0.5) is 0 Å². The Hall–Kier alpha value is -1.36. The van der Waals surface area contributed by atoms with Gasteiger partial charge in [0.1, 0.15) is 0 Å². The van der Waals surface area contributed by atoms with Crippen LogP contribution in [0.5, 0.6) is 0 Å². The lowest BCUT2D eigenvalue weighted by Crippen LogP contribution is -2.43. The van der Waals surface area contributed by atoms with Crippen molar-refractivity contribution in [1.29, 1.82) is 0 Å². The molecule has 0 bridgehead atoms. The summed E-state index contributed by atoms with van der Waals surface area (Å²) in [6.45, 7) is 3.12. The lowest BCUT2D eigenvalue weighted by Gasteiger charge is -2.27. The average molecular weight is 186 g/mol. The third kappa shape index (κ3) is 2.06. The highest BCUT2D eigenvalue weighted by Crippen LogP contribution is 2.22. The van der Waals surface area contributed by atoms with Crippen LogP contribution in [0, 0.1) is 5.92 Å². The molecule has 1 rings (SSSR count). The molecule has 0 fully saturated rings. The van der Waals surface area contributed by atoms with Crippen LogP contribution in [-0.2, 0) is 19.1 Å². The summed E-state index contributed by atoms with van der Waals surface area (Å²) < 4.78 is 9.03. The van der Waals surface area contributed by atoms with Crippen LogP contribution in [0.2, 0.25) is 0 Å². The minimum absolute atomic E-state index is 0.527. The first-order valence-electron chi connectivity index (χ1n) is 3.80. The number of esters is 2. The molecule has 0 aliphatic carbocycles. The van der Waals surface area contributed by atoms with Crippen molar-refractivity contribution in [2.45, 2.75) is 19.8 Å². The Balaban J connectivity index is 2.90. The van der Waals surface area contributed by atoms with Crippen molar-refractivity contribution in [2.75, 3.05) is 0 Å². The van der Waals surface area contributed by atoms with Gasteiger partial charge in [-0.15, -0.1) is 0 Å². The molecule has 0 atom stereocenters. The minimum Gasteiger partial charge on any atom is -0.395 e. The second-order valence-electron chi connectivity index (χ2n) is 2.96. The highest BCUT2D eigenvalue weighted by molar-refractivity contribution is 5.93. The third-order valence-electron chi connectivity index (χ3n) is 1.58. The fourth-order valence-corrected chi connectivity index (χ4v) is 0.749. The van der Waals surface area contributed by atoms with Gasteiger partial charge in [-0.05, 0) is 0 Å². The van der Waals surface area contributed by atoms with E-state index in [4.69, 9.17) is 0 Å². The fraction of sp³-hybridized carbons (Fsp3) is 0.500. The Kier molecular flexibility index (Phi) is 2.38. The monoisotopic (exact) mass is 186 g/mol. The molecule has 0 saturated heterocycles. The summed E-state index contributed by atoms with van der Waals surface area (Å²) in [5.41, 5.74) is 0. The van der Waals surface area contributed by atoms with Crippen molar-refractivity contribution in [3.8, 4) is 0 Å². The number of rotatable bonds is 1. The summed E-state index contributed by atoms with van der Waals surface area (Å²) >= 11 is 0. The Bertz CT molecular complexity index is 246. The maximum absolute atomic E-state index is 10.8. The predicted octanol–water partition coefficient (Wildman–Crippen LogP) is -0.0553. The SMILES string of the molecule is CC(C)C1(O)OC(=O)C=CC(=O)O1.